The normalized spacial score (nSPS) is 12.1. The number of urea groups is 1. The number of nitrogens with one attached hydrogen (secondary N) is 3. The van der Waals surface area contributed by atoms with Crippen molar-refractivity contribution in [2.45, 2.75) is 45.1 Å². The minimum absolute atomic E-state index is 0.0396. The molecule has 40 heavy (non-hydrogen) atoms. The third kappa shape index (κ3) is 6.93. The molecule has 208 valence electrons. The number of sulfonamides is 1. The number of anilines is 2. The maximum Gasteiger partial charge on any atom is 0.324 e. The van der Waals surface area contributed by atoms with Gasteiger partial charge in [0.05, 0.1) is 4.90 Å². The van der Waals surface area contributed by atoms with Crippen LogP contribution in [0.5, 0.6) is 0 Å². The van der Waals surface area contributed by atoms with Crippen molar-refractivity contribution < 1.29 is 27.6 Å². The molecule has 0 aliphatic carbocycles. The first-order valence-corrected chi connectivity index (χ1v) is 13.9. The van der Waals surface area contributed by atoms with Crippen molar-refractivity contribution in [1.82, 2.24) is 9.88 Å². The van der Waals surface area contributed by atoms with E-state index >= 15 is 0 Å². The summed E-state index contributed by atoms with van der Waals surface area (Å²) < 4.78 is 33.6. The molecule has 1 unspecified atom stereocenters. The molecular weight excluding hydrogens is 532 g/mol. The summed E-state index contributed by atoms with van der Waals surface area (Å²) in [5.41, 5.74) is 4.90. The lowest BCUT2D eigenvalue weighted by atomic mass is 10.0. The van der Waals surface area contributed by atoms with E-state index in [0.29, 0.717) is 34.0 Å². The molecule has 0 radical (unpaired) electrons. The molecule has 1 aromatic heterocycles. The quantitative estimate of drug-likeness (QED) is 0.219. The highest BCUT2D eigenvalue weighted by Crippen LogP contribution is 2.25. The molecule has 4 rings (SSSR count). The van der Waals surface area contributed by atoms with Crippen molar-refractivity contribution in [2.75, 3.05) is 10.6 Å². The van der Waals surface area contributed by atoms with E-state index < -0.39 is 28.1 Å². The molecule has 0 fully saturated rings. The second-order valence-electron chi connectivity index (χ2n) is 9.62. The van der Waals surface area contributed by atoms with Gasteiger partial charge in [0.15, 0.2) is 5.82 Å². The monoisotopic (exact) mass is 562 g/mol. The maximum atomic E-state index is 13.1. The van der Waals surface area contributed by atoms with E-state index in [-0.39, 0.29) is 11.3 Å². The zero-order chi connectivity index (χ0) is 29.0. The number of benzene rings is 3. The van der Waals surface area contributed by atoms with Gasteiger partial charge in [0.25, 0.3) is 0 Å². The van der Waals surface area contributed by atoms with Crippen molar-refractivity contribution in [3.63, 3.8) is 0 Å². The predicted octanol–water partition coefficient (Wildman–Crippen LogP) is 5.19. The topological polar surface area (TPSA) is 151 Å². The number of rotatable bonds is 9. The Hall–Kier alpha value is -4.48. The zero-order valence-electron chi connectivity index (χ0n) is 22.5. The molecular formula is C29H30N4O6S. The highest BCUT2D eigenvalue weighted by molar-refractivity contribution is 7.89. The van der Waals surface area contributed by atoms with Gasteiger partial charge in [-0.3, -0.25) is 10.1 Å². The molecule has 0 saturated heterocycles. The lowest BCUT2D eigenvalue weighted by molar-refractivity contribution is -0.138. The number of hydrogen-bond donors (Lipinski definition) is 4. The number of nitrogens with zero attached hydrogens (tertiary/aromatic N) is 1. The fraction of sp³-hybridized carbons (Fsp3) is 0.207. The lowest BCUT2D eigenvalue weighted by Gasteiger charge is -2.18. The number of carbonyl (C=O) groups excluding carboxylic acids is 1. The van der Waals surface area contributed by atoms with Gasteiger partial charge >= 0.3 is 12.0 Å². The molecule has 0 aliphatic heterocycles. The lowest BCUT2D eigenvalue weighted by Crippen LogP contribution is -2.42. The number of aryl methyl sites for hydroxylation is 4. The molecule has 0 spiro atoms. The molecule has 11 heteroatoms. The Morgan fingerprint density at radius 3 is 2.17 bits per heavy atom. The van der Waals surface area contributed by atoms with E-state index in [2.05, 4.69) is 20.5 Å². The van der Waals surface area contributed by atoms with Crippen LogP contribution in [0, 0.1) is 27.7 Å². The van der Waals surface area contributed by atoms with Crippen molar-refractivity contribution in [1.29, 1.82) is 0 Å². The molecule has 0 saturated carbocycles. The van der Waals surface area contributed by atoms with Crippen LogP contribution in [0.2, 0.25) is 0 Å². The first-order chi connectivity index (χ1) is 18.9. The molecule has 0 aliphatic rings. The van der Waals surface area contributed by atoms with Crippen LogP contribution in [0.25, 0.3) is 11.1 Å². The third-order valence-electron chi connectivity index (χ3n) is 6.19. The maximum absolute atomic E-state index is 13.1. The van der Waals surface area contributed by atoms with Gasteiger partial charge in [-0.1, -0.05) is 59.3 Å². The van der Waals surface area contributed by atoms with E-state index in [9.17, 15) is 23.1 Å². The number of carboxylic acids is 1. The van der Waals surface area contributed by atoms with Crippen LogP contribution in [0.15, 0.2) is 76.1 Å². The van der Waals surface area contributed by atoms with Crippen LogP contribution in [-0.4, -0.2) is 36.7 Å². The van der Waals surface area contributed by atoms with E-state index in [1.54, 1.807) is 69.3 Å². The second kappa shape index (κ2) is 11.7. The summed E-state index contributed by atoms with van der Waals surface area (Å²) in [4.78, 5) is 24.4. The molecule has 4 N–H and O–H groups in total. The van der Waals surface area contributed by atoms with E-state index in [1.807, 2.05) is 25.1 Å². The number of hydrogen-bond acceptors (Lipinski definition) is 6. The average molecular weight is 563 g/mol. The fourth-order valence-electron chi connectivity index (χ4n) is 4.57. The van der Waals surface area contributed by atoms with Gasteiger partial charge in [-0.2, -0.15) is 4.72 Å². The minimum Gasteiger partial charge on any atom is -0.480 e. The number of amides is 2. The summed E-state index contributed by atoms with van der Waals surface area (Å²) in [5, 5.41) is 18.8. The van der Waals surface area contributed by atoms with Crippen molar-refractivity contribution in [3.05, 3.63) is 94.7 Å². The van der Waals surface area contributed by atoms with E-state index in [0.717, 1.165) is 16.7 Å². The van der Waals surface area contributed by atoms with Gasteiger partial charge in [-0.15, -0.1) is 0 Å². The first-order valence-electron chi connectivity index (χ1n) is 12.4. The molecule has 1 heterocycles. The standard InChI is InChI=1S/C29H30N4O6S/c1-17-12-18(2)27(19(3)13-17)40(37,38)33-25(28(34)35)15-21-8-10-22(11-9-21)23-6-5-7-24(16-23)30-29(36)31-26-14-20(4)39-32-26/h5-14,16,25,33H,15H2,1-4H3,(H,34,35)(H2,30,31,32,36). The Morgan fingerprint density at radius 2 is 1.57 bits per heavy atom. The molecule has 10 nitrogen and oxygen atoms in total. The predicted molar refractivity (Wildman–Crippen MR) is 152 cm³/mol. The zero-order valence-corrected chi connectivity index (χ0v) is 23.3. The molecule has 2 amide bonds. The third-order valence-corrected chi connectivity index (χ3v) is 7.96. The summed E-state index contributed by atoms with van der Waals surface area (Å²) in [5.74, 6) is -0.398. The largest absolute Gasteiger partial charge is 0.480 e. The number of carbonyl (C=O) groups is 2. The summed E-state index contributed by atoms with van der Waals surface area (Å²) in [6.45, 7) is 6.98. The summed E-state index contributed by atoms with van der Waals surface area (Å²) >= 11 is 0. The molecule has 0 bridgehead atoms. The van der Waals surface area contributed by atoms with E-state index in [4.69, 9.17) is 4.52 Å². The smallest absolute Gasteiger partial charge is 0.324 e. The highest BCUT2D eigenvalue weighted by atomic mass is 32.2. The van der Waals surface area contributed by atoms with Crippen LogP contribution < -0.4 is 15.4 Å². The van der Waals surface area contributed by atoms with Gasteiger partial charge in [-0.25, -0.2) is 13.2 Å². The van der Waals surface area contributed by atoms with Crippen LogP contribution in [0.1, 0.15) is 28.0 Å². The Balaban J connectivity index is 1.45. The Labute approximate surface area is 232 Å². The molecule has 3 aromatic carbocycles. The van der Waals surface area contributed by atoms with Gasteiger partial charge in [0.2, 0.25) is 10.0 Å². The van der Waals surface area contributed by atoms with Gasteiger partial charge in [-0.05, 0) is 74.1 Å². The van der Waals surface area contributed by atoms with Gasteiger partial charge in [0.1, 0.15) is 11.8 Å². The summed E-state index contributed by atoms with van der Waals surface area (Å²) in [6, 6.07) is 17.6. The Bertz CT molecular complexity index is 1640. The minimum atomic E-state index is -4.07. The molecule has 4 aromatic rings. The van der Waals surface area contributed by atoms with Gasteiger partial charge in [0, 0.05) is 11.8 Å². The average Bonchev–Trinajstić information content (AvgIpc) is 3.27. The Kier molecular flexibility index (Phi) is 8.36. The summed E-state index contributed by atoms with van der Waals surface area (Å²) in [7, 11) is -4.07. The highest BCUT2D eigenvalue weighted by Gasteiger charge is 2.28. The van der Waals surface area contributed by atoms with Crippen LogP contribution in [0.4, 0.5) is 16.3 Å². The van der Waals surface area contributed by atoms with Crippen molar-refractivity contribution in [3.8, 4) is 11.1 Å². The van der Waals surface area contributed by atoms with Crippen LogP contribution >= 0.6 is 0 Å². The number of aliphatic carboxylic acids is 1. The van der Waals surface area contributed by atoms with Crippen LogP contribution in [0.3, 0.4) is 0 Å². The fourth-order valence-corrected chi connectivity index (χ4v) is 6.21. The van der Waals surface area contributed by atoms with Crippen molar-refractivity contribution in [2.24, 2.45) is 0 Å². The number of aromatic nitrogens is 1. The first kappa shape index (κ1) is 28.5. The van der Waals surface area contributed by atoms with Crippen molar-refractivity contribution >= 4 is 33.5 Å². The summed E-state index contributed by atoms with van der Waals surface area (Å²) in [6.07, 6.45) is -0.0396. The second-order valence-corrected chi connectivity index (χ2v) is 11.3. The van der Waals surface area contributed by atoms with E-state index in [1.165, 1.54) is 0 Å². The van der Waals surface area contributed by atoms with Gasteiger partial charge < -0.3 is 14.9 Å². The molecule has 1 atom stereocenters. The number of carboxylic acid groups (broad SMARTS) is 1. The SMILES string of the molecule is Cc1cc(C)c(S(=O)(=O)NC(Cc2ccc(-c3cccc(NC(=O)Nc4cc(C)on4)c3)cc2)C(=O)O)c(C)c1. The van der Waals surface area contributed by atoms with Crippen LogP contribution in [-0.2, 0) is 21.2 Å². The Morgan fingerprint density at radius 1 is 0.900 bits per heavy atom.